The number of halogens is 1. The molecule has 0 unspecified atom stereocenters. The molecule has 2 rings (SSSR count). The first kappa shape index (κ1) is 12.2. The molecule has 0 fully saturated rings. The van der Waals surface area contributed by atoms with E-state index in [0.717, 1.165) is 0 Å². The highest BCUT2D eigenvalue weighted by atomic mass is 19.1. The van der Waals surface area contributed by atoms with Gasteiger partial charge in [-0.25, -0.2) is 4.39 Å². The first-order chi connectivity index (χ1) is 8.59. The molecule has 0 aliphatic carbocycles. The summed E-state index contributed by atoms with van der Waals surface area (Å²) in [5, 5.41) is 7.52. The Morgan fingerprint density at radius 1 is 1.44 bits per heavy atom. The number of carbonyl (C=O) groups is 1. The Morgan fingerprint density at radius 2 is 2.17 bits per heavy atom. The number of carbonyl (C=O) groups excluding carboxylic acids is 1. The summed E-state index contributed by atoms with van der Waals surface area (Å²) in [4.78, 5) is 13.4. The van der Waals surface area contributed by atoms with Crippen molar-refractivity contribution >= 4 is 11.9 Å². The maximum Gasteiger partial charge on any atom is 0.233 e. The lowest BCUT2D eigenvalue weighted by atomic mass is 10.1. The normalized spacial score (nSPS) is 10.4. The number of anilines is 1. The third-order valence-corrected chi connectivity index (χ3v) is 2.66. The van der Waals surface area contributed by atoms with Crippen molar-refractivity contribution in [2.24, 2.45) is 7.05 Å². The van der Waals surface area contributed by atoms with Gasteiger partial charge in [-0.05, 0) is 11.6 Å². The maximum absolute atomic E-state index is 13.4. The summed E-state index contributed by atoms with van der Waals surface area (Å²) in [6.45, 7) is 0. The van der Waals surface area contributed by atoms with Gasteiger partial charge in [0.1, 0.15) is 12.1 Å². The van der Waals surface area contributed by atoms with E-state index in [1.54, 1.807) is 36.9 Å². The second-order valence-electron chi connectivity index (χ2n) is 3.96. The van der Waals surface area contributed by atoms with Crippen LogP contribution in [0.3, 0.4) is 0 Å². The summed E-state index contributed by atoms with van der Waals surface area (Å²) < 4.78 is 15.1. The van der Waals surface area contributed by atoms with E-state index >= 15 is 0 Å². The summed E-state index contributed by atoms with van der Waals surface area (Å²) >= 11 is 0. The minimum atomic E-state index is -0.378. The van der Waals surface area contributed by atoms with Crippen LogP contribution < -0.4 is 4.90 Å². The second-order valence-corrected chi connectivity index (χ2v) is 3.96. The highest BCUT2D eigenvalue weighted by Crippen LogP contribution is 2.11. The fourth-order valence-electron chi connectivity index (χ4n) is 1.62. The molecule has 0 spiro atoms. The smallest absolute Gasteiger partial charge is 0.233 e. The van der Waals surface area contributed by atoms with Gasteiger partial charge in [-0.3, -0.25) is 9.69 Å². The molecule has 0 radical (unpaired) electrons. The van der Waals surface area contributed by atoms with Gasteiger partial charge in [-0.15, -0.1) is 10.2 Å². The molecule has 0 N–H and O–H groups in total. The predicted molar refractivity (Wildman–Crippen MR) is 64.5 cm³/mol. The van der Waals surface area contributed by atoms with Crippen molar-refractivity contribution in [1.29, 1.82) is 0 Å². The molecular formula is C12H13FN4O. The molecule has 1 aromatic carbocycles. The Balaban J connectivity index is 2.14. The van der Waals surface area contributed by atoms with Crippen molar-refractivity contribution in [1.82, 2.24) is 14.8 Å². The van der Waals surface area contributed by atoms with Crippen LogP contribution in [-0.4, -0.2) is 27.7 Å². The van der Waals surface area contributed by atoms with Crippen molar-refractivity contribution in [3.05, 3.63) is 42.0 Å². The molecule has 94 valence electrons. The number of amides is 1. The van der Waals surface area contributed by atoms with E-state index in [-0.39, 0.29) is 18.1 Å². The Morgan fingerprint density at radius 3 is 2.78 bits per heavy atom. The van der Waals surface area contributed by atoms with E-state index < -0.39 is 0 Å². The number of likely N-dealkylation sites (N-methyl/N-ethyl adjacent to an activating group) is 1. The summed E-state index contributed by atoms with van der Waals surface area (Å²) in [6, 6.07) is 6.23. The van der Waals surface area contributed by atoms with Gasteiger partial charge in [0, 0.05) is 14.1 Å². The van der Waals surface area contributed by atoms with Gasteiger partial charge in [0.05, 0.1) is 6.42 Å². The largest absolute Gasteiger partial charge is 0.303 e. The van der Waals surface area contributed by atoms with Crippen molar-refractivity contribution < 1.29 is 9.18 Å². The Kier molecular flexibility index (Phi) is 3.36. The van der Waals surface area contributed by atoms with Gasteiger partial charge >= 0.3 is 0 Å². The van der Waals surface area contributed by atoms with Crippen LogP contribution in [0.2, 0.25) is 0 Å². The summed E-state index contributed by atoms with van der Waals surface area (Å²) in [7, 11) is 3.33. The molecule has 2 aromatic rings. The number of rotatable bonds is 3. The van der Waals surface area contributed by atoms with Gasteiger partial charge in [-0.2, -0.15) is 0 Å². The molecule has 0 saturated heterocycles. The fourth-order valence-corrected chi connectivity index (χ4v) is 1.62. The minimum absolute atomic E-state index is 0.00394. The number of hydrogen-bond acceptors (Lipinski definition) is 3. The summed E-state index contributed by atoms with van der Waals surface area (Å²) in [5.74, 6) is -0.190. The molecule has 0 aliphatic heterocycles. The molecule has 1 aromatic heterocycles. The van der Waals surface area contributed by atoms with Crippen LogP contribution in [0.1, 0.15) is 5.56 Å². The highest BCUT2D eigenvalue weighted by molar-refractivity contribution is 5.92. The zero-order valence-electron chi connectivity index (χ0n) is 10.2. The molecule has 6 heteroatoms. The van der Waals surface area contributed by atoms with E-state index in [0.29, 0.717) is 11.5 Å². The topological polar surface area (TPSA) is 51.0 Å². The average Bonchev–Trinajstić information content (AvgIpc) is 2.77. The van der Waals surface area contributed by atoms with E-state index in [1.807, 2.05) is 0 Å². The van der Waals surface area contributed by atoms with Crippen LogP contribution in [0.4, 0.5) is 10.3 Å². The van der Waals surface area contributed by atoms with Gasteiger partial charge < -0.3 is 4.57 Å². The van der Waals surface area contributed by atoms with Crippen molar-refractivity contribution in [3.8, 4) is 0 Å². The molecule has 5 nitrogen and oxygen atoms in total. The van der Waals surface area contributed by atoms with Crippen LogP contribution in [0.15, 0.2) is 30.6 Å². The SMILES string of the molecule is CN(C(=O)Cc1ccccc1F)c1nncn1C. The van der Waals surface area contributed by atoms with Crippen LogP contribution in [0.25, 0.3) is 0 Å². The van der Waals surface area contributed by atoms with Crippen molar-refractivity contribution in [2.75, 3.05) is 11.9 Å². The molecule has 0 bridgehead atoms. The minimum Gasteiger partial charge on any atom is -0.303 e. The summed E-state index contributed by atoms with van der Waals surface area (Å²) in [6.07, 6.45) is 1.50. The molecule has 0 saturated carbocycles. The monoisotopic (exact) mass is 248 g/mol. The van der Waals surface area contributed by atoms with E-state index in [4.69, 9.17) is 0 Å². The first-order valence-electron chi connectivity index (χ1n) is 5.43. The zero-order valence-corrected chi connectivity index (χ0v) is 10.2. The number of nitrogens with zero attached hydrogens (tertiary/aromatic N) is 4. The molecular weight excluding hydrogens is 235 g/mol. The van der Waals surface area contributed by atoms with E-state index in [9.17, 15) is 9.18 Å². The molecule has 18 heavy (non-hydrogen) atoms. The molecule has 0 aliphatic rings. The number of aromatic nitrogens is 3. The maximum atomic E-state index is 13.4. The van der Waals surface area contributed by atoms with Crippen LogP contribution in [0, 0.1) is 5.82 Å². The summed E-state index contributed by atoms with van der Waals surface area (Å²) in [5.41, 5.74) is 0.372. The molecule has 0 atom stereocenters. The quantitative estimate of drug-likeness (QED) is 0.819. The van der Waals surface area contributed by atoms with Gasteiger partial charge in [-0.1, -0.05) is 18.2 Å². The van der Waals surface area contributed by atoms with Gasteiger partial charge in [0.25, 0.3) is 0 Å². The zero-order chi connectivity index (χ0) is 13.1. The van der Waals surface area contributed by atoms with E-state index in [2.05, 4.69) is 10.2 Å². The van der Waals surface area contributed by atoms with Crippen molar-refractivity contribution in [3.63, 3.8) is 0 Å². The predicted octanol–water partition coefficient (Wildman–Crippen LogP) is 1.16. The van der Waals surface area contributed by atoms with Gasteiger partial charge in [0.15, 0.2) is 0 Å². The number of hydrogen-bond donors (Lipinski definition) is 0. The lowest BCUT2D eigenvalue weighted by Crippen LogP contribution is -2.30. The number of aryl methyl sites for hydroxylation is 1. The van der Waals surface area contributed by atoms with Crippen LogP contribution in [0.5, 0.6) is 0 Å². The Labute approximate surface area is 104 Å². The highest BCUT2D eigenvalue weighted by Gasteiger charge is 2.17. The lowest BCUT2D eigenvalue weighted by molar-refractivity contribution is -0.117. The van der Waals surface area contributed by atoms with Crippen LogP contribution in [-0.2, 0) is 18.3 Å². The second kappa shape index (κ2) is 4.95. The standard InChI is InChI=1S/C12H13FN4O/c1-16-8-14-15-12(16)17(2)11(18)7-9-5-3-4-6-10(9)13/h3-6,8H,7H2,1-2H3. The first-order valence-corrected chi connectivity index (χ1v) is 5.43. The van der Waals surface area contributed by atoms with Gasteiger partial charge in [0.2, 0.25) is 11.9 Å². The number of benzene rings is 1. The fraction of sp³-hybridized carbons (Fsp3) is 0.250. The van der Waals surface area contributed by atoms with Crippen molar-refractivity contribution in [2.45, 2.75) is 6.42 Å². The molecule has 1 amide bonds. The molecule has 1 heterocycles. The average molecular weight is 248 g/mol. The third kappa shape index (κ3) is 2.37. The lowest BCUT2D eigenvalue weighted by Gasteiger charge is -2.15. The third-order valence-electron chi connectivity index (χ3n) is 2.66. The van der Waals surface area contributed by atoms with Crippen LogP contribution >= 0.6 is 0 Å². The Bertz CT molecular complexity index is 567. The van der Waals surface area contributed by atoms with E-state index in [1.165, 1.54) is 17.3 Å². The Hall–Kier alpha value is -2.24.